The molecule has 0 saturated carbocycles. The third-order valence-electron chi connectivity index (χ3n) is 5.76. The summed E-state index contributed by atoms with van der Waals surface area (Å²) in [6, 6.07) is 20.4. The van der Waals surface area contributed by atoms with Gasteiger partial charge in [-0.25, -0.2) is 8.91 Å². The van der Waals surface area contributed by atoms with E-state index < -0.39 is 11.9 Å². The Labute approximate surface area is 193 Å². The number of nitrogens with one attached hydrogen (secondary N) is 2. The number of benzene rings is 3. The van der Waals surface area contributed by atoms with Gasteiger partial charge < -0.3 is 15.4 Å². The van der Waals surface area contributed by atoms with E-state index in [2.05, 4.69) is 15.4 Å². The zero-order chi connectivity index (χ0) is 23.7. The molecule has 2 heterocycles. The Morgan fingerprint density at radius 3 is 2.59 bits per heavy atom. The van der Waals surface area contributed by atoms with Gasteiger partial charge in [-0.15, -0.1) is 0 Å². The second-order valence-corrected chi connectivity index (χ2v) is 8.01. The highest BCUT2D eigenvalue weighted by Crippen LogP contribution is 2.23. The number of fused-ring (bicyclic) bond motifs is 2. The highest BCUT2D eigenvalue weighted by molar-refractivity contribution is 5.94. The van der Waals surface area contributed by atoms with Crippen molar-refractivity contribution < 1.29 is 14.3 Å². The van der Waals surface area contributed by atoms with Gasteiger partial charge in [0.25, 0.3) is 11.5 Å². The highest BCUT2D eigenvalue weighted by Gasteiger charge is 2.19. The Morgan fingerprint density at radius 2 is 1.82 bits per heavy atom. The first-order valence-electron chi connectivity index (χ1n) is 10.8. The molecule has 5 rings (SSSR count). The molecule has 34 heavy (non-hydrogen) atoms. The normalized spacial score (nSPS) is 12.2. The topological polar surface area (TPSA) is 99.5 Å². The van der Waals surface area contributed by atoms with Gasteiger partial charge in [-0.05, 0) is 41.0 Å². The maximum atomic E-state index is 13.3. The van der Waals surface area contributed by atoms with Gasteiger partial charge in [0.15, 0.2) is 5.69 Å². The van der Waals surface area contributed by atoms with Crippen molar-refractivity contribution in [3.8, 4) is 11.3 Å². The number of hydrogen-bond donors (Lipinski definition) is 3. The van der Waals surface area contributed by atoms with Crippen molar-refractivity contribution in [3.63, 3.8) is 0 Å². The van der Waals surface area contributed by atoms with Crippen LogP contribution in [-0.4, -0.2) is 32.2 Å². The molecular formula is C26H21FN4O3. The maximum Gasteiger partial charge on any atom is 0.274 e. The van der Waals surface area contributed by atoms with Crippen molar-refractivity contribution in [3.05, 3.63) is 106 Å². The van der Waals surface area contributed by atoms with Crippen LogP contribution in [0.2, 0.25) is 0 Å². The van der Waals surface area contributed by atoms with E-state index in [1.54, 1.807) is 18.3 Å². The van der Waals surface area contributed by atoms with Crippen molar-refractivity contribution in [1.82, 2.24) is 19.9 Å². The van der Waals surface area contributed by atoms with E-state index in [1.807, 2.05) is 42.5 Å². The van der Waals surface area contributed by atoms with Crippen LogP contribution in [0, 0.1) is 5.82 Å². The summed E-state index contributed by atoms with van der Waals surface area (Å²) < 4.78 is 14.7. The molecule has 0 aliphatic carbocycles. The minimum atomic E-state index is -0.533. The fraction of sp³-hybridized carbons (Fsp3) is 0.115. The number of hydrogen-bond acceptors (Lipinski definition) is 4. The molecule has 7 nitrogen and oxygen atoms in total. The van der Waals surface area contributed by atoms with E-state index in [0.29, 0.717) is 11.3 Å². The summed E-state index contributed by atoms with van der Waals surface area (Å²) >= 11 is 0. The molecular weight excluding hydrogens is 435 g/mol. The van der Waals surface area contributed by atoms with Crippen LogP contribution in [0.3, 0.4) is 0 Å². The second-order valence-electron chi connectivity index (χ2n) is 8.01. The molecule has 2 aromatic heterocycles. The number of aliphatic hydroxyl groups is 1. The summed E-state index contributed by atoms with van der Waals surface area (Å²) in [7, 11) is 0. The fourth-order valence-corrected chi connectivity index (χ4v) is 4.00. The first-order valence-corrected chi connectivity index (χ1v) is 10.8. The number of halogens is 1. The molecule has 3 aromatic carbocycles. The summed E-state index contributed by atoms with van der Waals surface area (Å²) in [4.78, 5) is 28.5. The summed E-state index contributed by atoms with van der Waals surface area (Å²) in [5.41, 5.74) is 1.97. The molecule has 0 fully saturated rings. The number of carbonyl (C=O) groups excluding carboxylic acids is 1. The lowest BCUT2D eigenvalue weighted by Crippen LogP contribution is -2.29. The Kier molecular flexibility index (Phi) is 5.65. The number of nitrogens with zero attached hydrogens (tertiary/aromatic N) is 2. The number of aliphatic hydroxyl groups excluding tert-OH is 1. The van der Waals surface area contributed by atoms with E-state index in [9.17, 15) is 19.1 Å². The van der Waals surface area contributed by atoms with E-state index in [4.69, 9.17) is 0 Å². The van der Waals surface area contributed by atoms with Gasteiger partial charge in [0, 0.05) is 18.2 Å². The first kappa shape index (κ1) is 21.5. The van der Waals surface area contributed by atoms with Gasteiger partial charge in [-0.1, -0.05) is 48.5 Å². The van der Waals surface area contributed by atoms with E-state index >= 15 is 0 Å². The third kappa shape index (κ3) is 4.18. The lowest BCUT2D eigenvalue weighted by molar-refractivity contribution is 0.0924. The number of aromatic amines is 1. The second kappa shape index (κ2) is 8.92. The molecule has 8 heteroatoms. The zero-order valence-corrected chi connectivity index (χ0v) is 18.0. The van der Waals surface area contributed by atoms with Gasteiger partial charge in [0.1, 0.15) is 11.3 Å². The molecule has 1 amide bonds. The van der Waals surface area contributed by atoms with Crippen LogP contribution >= 0.6 is 0 Å². The highest BCUT2D eigenvalue weighted by atomic mass is 19.1. The molecule has 0 saturated heterocycles. The first-order chi connectivity index (χ1) is 16.5. The van der Waals surface area contributed by atoms with E-state index in [0.717, 1.165) is 16.3 Å². The zero-order valence-electron chi connectivity index (χ0n) is 18.0. The molecule has 5 aromatic rings. The van der Waals surface area contributed by atoms with Crippen LogP contribution < -0.4 is 10.9 Å². The van der Waals surface area contributed by atoms with Crippen molar-refractivity contribution >= 4 is 22.2 Å². The molecule has 0 aliphatic heterocycles. The Hall–Kier alpha value is -4.30. The Balaban J connectivity index is 1.46. The lowest BCUT2D eigenvalue weighted by atomic mass is 10.0. The average Bonchev–Trinajstić information content (AvgIpc) is 3.29. The van der Waals surface area contributed by atoms with Crippen molar-refractivity contribution in [2.75, 3.05) is 6.61 Å². The van der Waals surface area contributed by atoms with Crippen LogP contribution in [0.25, 0.3) is 27.5 Å². The maximum absolute atomic E-state index is 13.3. The predicted octanol–water partition coefficient (Wildman–Crippen LogP) is 3.84. The molecule has 0 bridgehead atoms. The minimum absolute atomic E-state index is 0.0613. The molecule has 0 unspecified atom stereocenters. The lowest BCUT2D eigenvalue weighted by Gasteiger charge is -2.17. The number of H-pyrrole nitrogens is 1. The monoisotopic (exact) mass is 456 g/mol. The van der Waals surface area contributed by atoms with Gasteiger partial charge in [0.2, 0.25) is 0 Å². The van der Waals surface area contributed by atoms with Gasteiger partial charge in [0.05, 0.1) is 17.9 Å². The quantitative estimate of drug-likeness (QED) is 0.362. The average molecular weight is 456 g/mol. The molecule has 0 radical (unpaired) electrons. The molecule has 170 valence electrons. The predicted molar refractivity (Wildman–Crippen MR) is 127 cm³/mol. The smallest absolute Gasteiger partial charge is 0.274 e. The number of aromatic nitrogens is 3. The van der Waals surface area contributed by atoms with E-state index in [-0.39, 0.29) is 35.6 Å². The standard InChI is InChI=1S/C26H21FN4O3/c27-20-9-7-17(8-10-20)21(11-12-32)28-25(33)22-14-24-26(34)29-23(15-31(24)30-22)19-6-5-16-3-1-2-4-18(16)13-19/h1-10,13-15,21,32H,11-12H2,(H,28,33)(H,29,34)/t21-/m1/s1. The van der Waals surface area contributed by atoms with Crippen molar-refractivity contribution in [1.29, 1.82) is 0 Å². The van der Waals surface area contributed by atoms with Crippen LogP contribution in [0.1, 0.15) is 28.5 Å². The summed E-state index contributed by atoms with van der Waals surface area (Å²) in [6.07, 6.45) is 1.92. The van der Waals surface area contributed by atoms with Crippen LogP contribution in [0.4, 0.5) is 4.39 Å². The van der Waals surface area contributed by atoms with Crippen LogP contribution in [-0.2, 0) is 0 Å². The van der Waals surface area contributed by atoms with Crippen LogP contribution in [0.15, 0.2) is 83.8 Å². The van der Waals surface area contributed by atoms with Gasteiger partial charge >= 0.3 is 0 Å². The molecule has 0 aliphatic rings. The van der Waals surface area contributed by atoms with E-state index in [1.165, 1.54) is 22.7 Å². The SMILES string of the molecule is O=C(N[C@H](CCO)c1ccc(F)cc1)c1cc2c(=O)[nH]c(-c3ccc4ccccc4c3)cn2n1. The van der Waals surface area contributed by atoms with Crippen molar-refractivity contribution in [2.24, 2.45) is 0 Å². The number of rotatable bonds is 6. The van der Waals surface area contributed by atoms with Gasteiger partial charge in [-0.3, -0.25) is 9.59 Å². The third-order valence-corrected chi connectivity index (χ3v) is 5.76. The van der Waals surface area contributed by atoms with Crippen LogP contribution in [0.5, 0.6) is 0 Å². The minimum Gasteiger partial charge on any atom is -0.396 e. The van der Waals surface area contributed by atoms with Crippen molar-refractivity contribution in [2.45, 2.75) is 12.5 Å². The Morgan fingerprint density at radius 1 is 1.06 bits per heavy atom. The number of amides is 1. The summed E-state index contributed by atoms with van der Waals surface area (Å²) in [5, 5.41) is 18.6. The fourth-order valence-electron chi connectivity index (χ4n) is 4.00. The molecule has 0 spiro atoms. The Bertz CT molecular complexity index is 1560. The number of carbonyl (C=O) groups is 1. The summed E-state index contributed by atoms with van der Waals surface area (Å²) in [6.45, 7) is -0.164. The largest absolute Gasteiger partial charge is 0.396 e. The molecule has 1 atom stereocenters. The summed E-state index contributed by atoms with van der Waals surface area (Å²) in [5.74, 6) is -0.891. The van der Waals surface area contributed by atoms with Gasteiger partial charge in [-0.2, -0.15) is 5.10 Å². The molecule has 3 N–H and O–H groups in total.